The number of nitrogens with two attached hydrogens (primary N) is 1. The van der Waals surface area contributed by atoms with Crippen molar-refractivity contribution in [1.29, 1.82) is 0 Å². The molecular weight excluding hydrogens is 262 g/mol. The molecule has 2 aromatic heterocycles. The summed E-state index contributed by atoms with van der Waals surface area (Å²) >= 11 is 5.16. The minimum atomic E-state index is 0.466. The summed E-state index contributed by atoms with van der Waals surface area (Å²) in [7, 11) is 0. The van der Waals surface area contributed by atoms with Crippen molar-refractivity contribution in [2.24, 2.45) is 5.73 Å². The summed E-state index contributed by atoms with van der Waals surface area (Å²) in [4.78, 5) is 1.29. The number of thiophene rings is 1. The lowest BCUT2D eigenvalue weighted by molar-refractivity contribution is 0.476. The molecule has 0 aliphatic carbocycles. The average molecular weight is 272 g/mol. The molecule has 0 saturated carbocycles. The van der Waals surface area contributed by atoms with Crippen molar-refractivity contribution in [3.05, 3.63) is 44.4 Å². The first-order valence-electron chi connectivity index (χ1n) is 4.30. The lowest BCUT2D eigenvalue weighted by atomic mass is 10.3. The molecule has 4 heteroatoms. The summed E-state index contributed by atoms with van der Waals surface area (Å²) in [5.74, 6) is 1.82. The van der Waals surface area contributed by atoms with Crippen LogP contribution in [0.25, 0.3) is 0 Å². The zero-order valence-electron chi connectivity index (χ0n) is 7.50. The van der Waals surface area contributed by atoms with E-state index in [4.69, 9.17) is 10.2 Å². The Kier molecular flexibility index (Phi) is 3.05. The van der Waals surface area contributed by atoms with Crippen LogP contribution in [0.3, 0.4) is 0 Å². The number of rotatable bonds is 3. The van der Waals surface area contributed by atoms with Crippen LogP contribution in [0.5, 0.6) is 0 Å². The first-order chi connectivity index (χ1) is 6.78. The predicted molar refractivity (Wildman–Crippen MR) is 61.4 cm³/mol. The molecule has 2 N–H and O–H groups in total. The van der Waals surface area contributed by atoms with E-state index in [1.165, 1.54) is 4.88 Å². The Balaban J connectivity index is 2.10. The third kappa shape index (κ3) is 2.26. The van der Waals surface area contributed by atoms with Gasteiger partial charge < -0.3 is 10.2 Å². The lowest BCUT2D eigenvalue weighted by Gasteiger charge is -1.92. The summed E-state index contributed by atoms with van der Waals surface area (Å²) in [6.45, 7) is 0.466. The molecule has 0 amide bonds. The van der Waals surface area contributed by atoms with Gasteiger partial charge in [-0.3, -0.25) is 0 Å². The molecule has 0 aliphatic heterocycles. The van der Waals surface area contributed by atoms with Crippen LogP contribution in [-0.4, -0.2) is 0 Å². The zero-order chi connectivity index (χ0) is 9.97. The van der Waals surface area contributed by atoms with E-state index in [1.807, 2.05) is 18.2 Å². The molecule has 2 nitrogen and oxygen atoms in total. The average Bonchev–Trinajstić information content (AvgIpc) is 2.76. The Morgan fingerprint density at radius 3 is 2.57 bits per heavy atom. The van der Waals surface area contributed by atoms with Gasteiger partial charge in [0.1, 0.15) is 11.5 Å². The fourth-order valence-corrected chi connectivity index (χ4v) is 2.74. The number of hydrogen-bond donors (Lipinski definition) is 1. The number of halogens is 1. The second-order valence-electron chi connectivity index (χ2n) is 2.95. The molecule has 0 aliphatic rings. The molecule has 2 heterocycles. The summed E-state index contributed by atoms with van der Waals surface area (Å²) in [5, 5.41) is 0. The molecule has 2 aromatic rings. The largest absolute Gasteiger partial charge is 0.464 e. The van der Waals surface area contributed by atoms with Crippen LogP contribution < -0.4 is 5.73 Å². The Morgan fingerprint density at radius 2 is 2.00 bits per heavy atom. The molecule has 74 valence electrons. The summed E-state index contributed by atoms with van der Waals surface area (Å²) in [6, 6.07) is 8.06. The van der Waals surface area contributed by atoms with Gasteiger partial charge in [0.2, 0.25) is 0 Å². The van der Waals surface area contributed by atoms with Gasteiger partial charge in [-0.15, -0.1) is 11.3 Å². The van der Waals surface area contributed by atoms with Crippen molar-refractivity contribution < 1.29 is 4.42 Å². The summed E-state index contributed by atoms with van der Waals surface area (Å²) < 4.78 is 6.66. The van der Waals surface area contributed by atoms with Gasteiger partial charge in [0, 0.05) is 11.3 Å². The topological polar surface area (TPSA) is 39.2 Å². The Labute approximate surface area is 94.9 Å². The molecule has 0 fully saturated rings. The van der Waals surface area contributed by atoms with Gasteiger partial charge in [0.05, 0.1) is 10.3 Å². The lowest BCUT2D eigenvalue weighted by Crippen LogP contribution is -1.92. The van der Waals surface area contributed by atoms with E-state index in [2.05, 4.69) is 22.0 Å². The monoisotopic (exact) mass is 271 g/mol. The Hall–Kier alpha value is -0.580. The van der Waals surface area contributed by atoms with Crippen molar-refractivity contribution in [3.63, 3.8) is 0 Å². The molecule has 2 rings (SSSR count). The minimum Gasteiger partial charge on any atom is -0.464 e. The third-order valence-electron chi connectivity index (χ3n) is 1.90. The highest BCUT2D eigenvalue weighted by Crippen LogP contribution is 2.24. The van der Waals surface area contributed by atoms with Crippen LogP contribution in [0, 0.1) is 0 Å². The van der Waals surface area contributed by atoms with Crippen molar-refractivity contribution in [1.82, 2.24) is 0 Å². The molecule has 0 saturated heterocycles. The Bertz CT molecular complexity index is 421. The summed E-state index contributed by atoms with van der Waals surface area (Å²) in [5.41, 5.74) is 5.46. The maximum absolute atomic E-state index is 5.51. The second-order valence-corrected chi connectivity index (χ2v) is 5.50. The second kappa shape index (κ2) is 4.29. The van der Waals surface area contributed by atoms with Crippen LogP contribution in [0.15, 0.2) is 32.5 Å². The van der Waals surface area contributed by atoms with Gasteiger partial charge in [-0.1, -0.05) is 0 Å². The van der Waals surface area contributed by atoms with E-state index in [1.54, 1.807) is 11.3 Å². The summed E-state index contributed by atoms with van der Waals surface area (Å²) in [6.07, 6.45) is 0.844. The van der Waals surface area contributed by atoms with Gasteiger partial charge in [0.15, 0.2) is 0 Å². The highest BCUT2D eigenvalue weighted by atomic mass is 79.9. The van der Waals surface area contributed by atoms with Crippen LogP contribution in [0.2, 0.25) is 0 Å². The Morgan fingerprint density at radius 1 is 1.21 bits per heavy atom. The van der Waals surface area contributed by atoms with Crippen LogP contribution in [0.1, 0.15) is 16.4 Å². The molecule has 0 aromatic carbocycles. The van der Waals surface area contributed by atoms with Crippen molar-refractivity contribution >= 4 is 27.3 Å². The van der Waals surface area contributed by atoms with Crippen LogP contribution >= 0.6 is 27.3 Å². The maximum Gasteiger partial charge on any atom is 0.117 e. The SMILES string of the molecule is NCc1ccc(Cc2ccc(Br)s2)o1. The molecule has 0 spiro atoms. The molecule has 14 heavy (non-hydrogen) atoms. The van der Waals surface area contributed by atoms with Gasteiger partial charge in [-0.25, -0.2) is 0 Å². The van der Waals surface area contributed by atoms with Crippen LogP contribution in [0.4, 0.5) is 0 Å². The third-order valence-corrected chi connectivity index (χ3v) is 3.52. The van der Waals surface area contributed by atoms with E-state index < -0.39 is 0 Å². The normalized spacial score (nSPS) is 10.7. The van der Waals surface area contributed by atoms with Gasteiger partial charge in [0.25, 0.3) is 0 Å². The van der Waals surface area contributed by atoms with E-state index in [9.17, 15) is 0 Å². The van der Waals surface area contributed by atoms with Gasteiger partial charge in [-0.2, -0.15) is 0 Å². The fraction of sp³-hybridized carbons (Fsp3) is 0.200. The van der Waals surface area contributed by atoms with E-state index in [-0.39, 0.29) is 0 Å². The molecule has 0 atom stereocenters. The van der Waals surface area contributed by atoms with E-state index >= 15 is 0 Å². The highest BCUT2D eigenvalue weighted by molar-refractivity contribution is 9.11. The fourth-order valence-electron chi connectivity index (χ4n) is 1.25. The molecular formula is C10H10BrNOS. The number of furan rings is 1. The highest BCUT2D eigenvalue weighted by Gasteiger charge is 2.03. The van der Waals surface area contributed by atoms with E-state index in [0.29, 0.717) is 6.54 Å². The maximum atomic E-state index is 5.51. The van der Waals surface area contributed by atoms with Gasteiger partial charge in [-0.05, 0) is 40.2 Å². The quantitative estimate of drug-likeness (QED) is 0.932. The van der Waals surface area contributed by atoms with Crippen molar-refractivity contribution in [3.8, 4) is 0 Å². The van der Waals surface area contributed by atoms with Crippen LogP contribution in [-0.2, 0) is 13.0 Å². The van der Waals surface area contributed by atoms with Gasteiger partial charge >= 0.3 is 0 Å². The minimum absolute atomic E-state index is 0.466. The zero-order valence-corrected chi connectivity index (χ0v) is 9.90. The number of hydrogen-bond acceptors (Lipinski definition) is 3. The van der Waals surface area contributed by atoms with Crippen molar-refractivity contribution in [2.45, 2.75) is 13.0 Å². The predicted octanol–water partition coefficient (Wildman–Crippen LogP) is 3.15. The standard InChI is InChI=1S/C10H10BrNOS/c11-10-4-3-9(14-10)5-7-1-2-8(6-12)13-7/h1-4H,5-6,12H2. The molecule has 0 bridgehead atoms. The molecule has 0 unspecified atom stereocenters. The first kappa shape index (κ1) is 9.96. The smallest absolute Gasteiger partial charge is 0.117 e. The van der Waals surface area contributed by atoms with Crippen molar-refractivity contribution in [2.75, 3.05) is 0 Å². The first-order valence-corrected chi connectivity index (χ1v) is 5.91. The van der Waals surface area contributed by atoms with E-state index in [0.717, 1.165) is 21.7 Å². The molecule has 0 radical (unpaired) electrons.